The number of epoxide rings is 1. The summed E-state index contributed by atoms with van der Waals surface area (Å²) in [6.45, 7) is -2.43. The summed E-state index contributed by atoms with van der Waals surface area (Å²) in [5, 5.41) is 89.0. The van der Waals surface area contributed by atoms with E-state index in [9.17, 15) is 40.9 Å². The van der Waals surface area contributed by atoms with Crippen molar-refractivity contribution in [3.8, 4) is 0 Å². The zero-order chi connectivity index (χ0) is 22.9. The highest BCUT2D eigenvalue weighted by molar-refractivity contribution is 5.06. The average molecular weight is 458 g/mol. The van der Waals surface area contributed by atoms with E-state index in [1.165, 1.54) is 0 Å². The van der Waals surface area contributed by atoms with Crippen molar-refractivity contribution in [3.63, 3.8) is 0 Å². The zero-order valence-corrected chi connectivity index (χ0v) is 16.5. The molecule has 3 aliphatic rings. The molecule has 3 fully saturated rings. The molecule has 31 heavy (non-hydrogen) atoms. The monoisotopic (exact) mass is 458 g/mol. The minimum atomic E-state index is -2.32. The number of hydrogen-bond acceptors (Lipinski definition) is 14. The Balaban J connectivity index is 1.91. The van der Waals surface area contributed by atoms with Gasteiger partial charge in [0.2, 0.25) is 5.79 Å². The van der Waals surface area contributed by atoms with Gasteiger partial charge in [-0.05, 0) is 0 Å². The van der Waals surface area contributed by atoms with Crippen molar-refractivity contribution in [1.82, 2.24) is 0 Å². The number of rotatable bonds is 10. The van der Waals surface area contributed by atoms with E-state index >= 15 is 0 Å². The SMILES string of the molecule is OCC(O)COC(C1CO1)[C@@]1(O[C@H]2O[C@H](CO)[C@@H](O)[C@H](O)[C@H]2O)O[C@H](CO)[C@@H](O)[C@@H]1O. The van der Waals surface area contributed by atoms with E-state index in [1.807, 2.05) is 0 Å². The number of aliphatic hydroxyl groups is 9. The van der Waals surface area contributed by atoms with Crippen LogP contribution in [0.15, 0.2) is 0 Å². The Kier molecular flexibility index (Phi) is 8.21. The molecule has 3 rings (SSSR count). The predicted octanol–water partition coefficient (Wildman–Crippen LogP) is -6.25. The van der Waals surface area contributed by atoms with Gasteiger partial charge in [-0.1, -0.05) is 0 Å². The Hall–Kier alpha value is -0.560. The Bertz CT molecular complexity index is 575. The predicted molar refractivity (Wildman–Crippen MR) is 94.1 cm³/mol. The molecule has 0 aromatic heterocycles. The lowest BCUT2D eigenvalue weighted by atomic mass is 9.96. The van der Waals surface area contributed by atoms with Crippen LogP contribution in [0.1, 0.15) is 0 Å². The molecule has 0 saturated carbocycles. The molecule has 12 atom stereocenters. The van der Waals surface area contributed by atoms with Crippen LogP contribution >= 0.6 is 0 Å². The van der Waals surface area contributed by atoms with Crippen molar-refractivity contribution < 1.29 is 69.6 Å². The summed E-state index contributed by atoms with van der Waals surface area (Å²) in [7, 11) is 0. The highest BCUT2D eigenvalue weighted by Gasteiger charge is 2.65. The zero-order valence-electron chi connectivity index (χ0n) is 16.5. The highest BCUT2D eigenvalue weighted by atomic mass is 16.8. The van der Waals surface area contributed by atoms with Crippen LogP contribution in [0.4, 0.5) is 0 Å². The highest BCUT2D eigenvalue weighted by Crippen LogP contribution is 2.43. The van der Waals surface area contributed by atoms with Crippen LogP contribution < -0.4 is 0 Å². The second-order valence-electron chi connectivity index (χ2n) is 7.77. The number of hydrogen-bond donors (Lipinski definition) is 9. The molecule has 0 aromatic carbocycles. The second-order valence-corrected chi connectivity index (χ2v) is 7.77. The van der Waals surface area contributed by atoms with E-state index in [2.05, 4.69) is 0 Å². The topological polar surface area (TPSA) is 232 Å². The Labute approximate surface area is 176 Å². The van der Waals surface area contributed by atoms with Gasteiger partial charge in [0.05, 0.1) is 33.0 Å². The molecule has 0 spiro atoms. The quantitative estimate of drug-likeness (QED) is 0.139. The fourth-order valence-electron chi connectivity index (χ4n) is 3.69. The first kappa shape index (κ1) is 25.1. The maximum atomic E-state index is 10.8. The summed E-state index contributed by atoms with van der Waals surface area (Å²) in [6.07, 6.45) is -16.7. The standard InChI is InChI=1S/C17H30O14/c18-1-6(21)4-28-15(9-5-27-9)17(14(26)11(23)8(3-20)30-17)31-16-13(25)12(24)10(22)7(2-19)29-16/h6-16,18-26H,1-5H2/t6?,7-,8-,9?,10-,11-,12+,13-,14+,15?,16-,17-/m1/s1. The fourth-order valence-corrected chi connectivity index (χ4v) is 3.69. The summed E-state index contributed by atoms with van der Waals surface area (Å²) < 4.78 is 27.4. The maximum absolute atomic E-state index is 10.8. The third kappa shape index (κ3) is 4.87. The maximum Gasteiger partial charge on any atom is 0.229 e. The van der Waals surface area contributed by atoms with E-state index < -0.39 is 99.5 Å². The van der Waals surface area contributed by atoms with Crippen molar-refractivity contribution >= 4 is 0 Å². The van der Waals surface area contributed by atoms with Crippen molar-refractivity contribution in [1.29, 1.82) is 0 Å². The summed E-state index contributed by atoms with van der Waals surface area (Å²) in [5.41, 5.74) is 0. The van der Waals surface area contributed by atoms with Gasteiger partial charge in [-0.2, -0.15) is 0 Å². The lowest BCUT2D eigenvalue weighted by Crippen LogP contribution is -2.65. The van der Waals surface area contributed by atoms with Gasteiger partial charge in [-0.25, -0.2) is 0 Å². The van der Waals surface area contributed by atoms with Crippen molar-refractivity contribution in [2.45, 2.75) is 73.1 Å². The average Bonchev–Trinajstić information content (AvgIpc) is 3.57. The first-order valence-corrected chi connectivity index (χ1v) is 9.85. The smallest absolute Gasteiger partial charge is 0.229 e. The fraction of sp³-hybridized carbons (Fsp3) is 1.00. The molecule has 182 valence electrons. The van der Waals surface area contributed by atoms with E-state index in [1.54, 1.807) is 0 Å². The van der Waals surface area contributed by atoms with Crippen LogP contribution in [0.5, 0.6) is 0 Å². The molecule has 0 amide bonds. The van der Waals surface area contributed by atoms with Gasteiger partial charge >= 0.3 is 0 Å². The minimum absolute atomic E-state index is 0.121. The molecule has 0 aromatic rings. The van der Waals surface area contributed by atoms with Gasteiger partial charge in [-0.3, -0.25) is 0 Å². The van der Waals surface area contributed by atoms with E-state index in [0.717, 1.165) is 0 Å². The lowest BCUT2D eigenvalue weighted by Gasteiger charge is -2.45. The second kappa shape index (κ2) is 10.1. The van der Waals surface area contributed by atoms with Crippen LogP contribution in [0.25, 0.3) is 0 Å². The Morgan fingerprint density at radius 1 is 0.903 bits per heavy atom. The van der Waals surface area contributed by atoms with Gasteiger partial charge < -0.3 is 69.6 Å². The Morgan fingerprint density at radius 3 is 2.06 bits per heavy atom. The molecule has 9 N–H and O–H groups in total. The molecule has 0 radical (unpaired) electrons. The third-order valence-electron chi connectivity index (χ3n) is 5.55. The van der Waals surface area contributed by atoms with E-state index in [-0.39, 0.29) is 6.61 Å². The van der Waals surface area contributed by atoms with Crippen LogP contribution in [0, 0.1) is 0 Å². The molecular weight excluding hydrogens is 428 g/mol. The number of ether oxygens (including phenoxy) is 5. The summed E-state index contributed by atoms with van der Waals surface area (Å²) in [6, 6.07) is 0. The van der Waals surface area contributed by atoms with E-state index in [4.69, 9.17) is 28.8 Å². The van der Waals surface area contributed by atoms with Gasteiger partial charge in [0, 0.05) is 0 Å². The van der Waals surface area contributed by atoms with Crippen LogP contribution in [-0.2, 0) is 23.7 Å². The van der Waals surface area contributed by atoms with Crippen molar-refractivity contribution in [2.75, 3.05) is 33.0 Å². The lowest BCUT2D eigenvalue weighted by molar-refractivity contribution is -0.400. The molecular formula is C17H30O14. The van der Waals surface area contributed by atoms with Gasteiger partial charge in [0.25, 0.3) is 0 Å². The van der Waals surface area contributed by atoms with Crippen LogP contribution in [0.2, 0.25) is 0 Å². The molecule has 3 heterocycles. The van der Waals surface area contributed by atoms with Crippen molar-refractivity contribution in [3.05, 3.63) is 0 Å². The van der Waals surface area contributed by atoms with Gasteiger partial charge in [0.1, 0.15) is 61.0 Å². The molecule has 3 saturated heterocycles. The number of aliphatic hydroxyl groups excluding tert-OH is 9. The minimum Gasteiger partial charge on any atom is -0.394 e. The Morgan fingerprint density at radius 2 is 1.55 bits per heavy atom. The summed E-state index contributed by atoms with van der Waals surface area (Å²) in [4.78, 5) is 0. The molecule has 0 bridgehead atoms. The van der Waals surface area contributed by atoms with Crippen LogP contribution in [0.3, 0.4) is 0 Å². The molecule has 3 aliphatic heterocycles. The third-order valence-corrected chi connectivity index (χ3v) is 5.55. The van der Waals surface area contributed by atoms with Crippen molar-refractivity contribution in [2.24, 2.45) is 0 Å². The molecule has 3 unspecified atom stereocenters. The van der Waals surface area contributed by atoms with Gasteiger partial charge in [0.15, 0.2) is 6.29 Å². The summed E-state index contributed by atoms with van der Waals surface area (Å²) >= 11 is 0. The normalized spacial score (nSPS) is 47.3. The molecule has 0 aliphatic carbocycles. The molecule has 14 heteroatoms. The first-order valence-electron chi connectivity index (χ1n) is 9.85. The van der Waals surface area contributed by atoms with E-state index in [0.29, 0.717) is 0 Å². The van der Waals surface area contributed by atoms with Crippen LogP contribution in [-0.4, -0.2) is 152 Å². The largest absolute Gasteiger partial charge is 0.394 e. The molecule has 14 nitrogen and oxygen atoms in total. The first-order chi connectivity index (χ1) is 14.7. The van der Waals surface area contributed by atoms with Gasteiger partial charge in [-0.15, -0.1) is 0 Å². The summed E-state index contributed by atoms with van der Waals surface area (Å²) in [5.74, 6) is -2.32.